The molecule has 4 aromatic rings. The molecule has 0 spiro atoms. The molecule has 264 valence electrons. The van der Waals surface area contributed by atoms with Gasteiger partial charge < -0.3 is 41.0 Å². The van der Waals surface area contributed by atoms with Gasteiger partial charge in [-0.3, -0.25) is 19.2 Å². The van der Waals surface area contributed by atoms with Crippen LogP contribution in [0, 0.1) is 5.82 Å². The summed E-state index contributed by atoms with van der Waals surface area (Å²) in [5.41, 5.74) is 5.09. The smallest absolute Gasteiger partial charge is 0.300 e. The third kappa shape index (κ3) is 14.5. The summed E-state index contributed by atoms with van der Waals surface area (Å²) in [6, 6.07) is 13.9. The molecule has 0 aliphatic carbocycles. The van der Waals surface area contributed by atoms with Gasteiger partial charge in [-0.25, -0.2) is 14.4 Å². The number of H-pyrrole nitrogens is 2. The molecule has 2 saturated heterocycles. The monoisotopic (exact) mass is 682 g/mol. The first-order chi connectivity index (χ1) is 23.2. The van der Waals surface area contributed by atoms with Crippen molar-refractivity contribution in [2.24, 2.45) is 0 Å². The van der Waals surface area contributed by atoms with Crippen LogP contribution in [0.4, 0.5) is 4.39 Å². The minimum Gasteiger partial charge on any atom is -0.481 e. The van der Waals surface area contributed by atoms with Gasteiger partial charge in [-0.2, -0.15) is 0 Å². The summed E-state index contributed by atoms with van der Waals surface area (Å²) < 4.78 is 15.1. The third-order valence-electron chi connectivity index (χ3n) is 6.76. The first kappa shape index (κ1) is 39.8. The maximum Gasteiger partial charge on any atom is 0.300 e. The largest absolute Gasteiger partial charge is 0.481 e. The lowest BCUT2D eigenvalue weighted by atomic mass is 10.0. The Bertz CT molecular complexity index is 1600. The van der Waals surface area contributed by atoms with Crippen molar-refractivity contribution in [2.45, 2.75) is 65.5 Å². The van der Waals surface area contributed by atoms with Crippen LogP contribution in [-0.4, -0.2) is 77.3 Å². The number of imidazole rings is 2. The summed E-state index contributed by atoms with van der Waals surface area (Å²) in [4.78, 5) is 51.8. The molecule has 14 nitrogen and oxygen atoms in total. The number of hydrogen-bond donors (Lipinski definition) is 8. The van der Waals surface area contributed by atoms with Crippen molar-refractivity contribution in [3.05, 3.63) is 72.3 Å². The quantitative estimate of drug-likeness (QED) is 0.131. The van der Waals surface area contributed by atoms with Gasteiger partial charge in [0.25, 0.3) is 23.9 Å². The van der Waals surface area contributed by atoms with E-state index in [2.05, 4.69) is 30.6 Å². The van der Waals surface area contributed by atoms with Crippen molar-refractivity contribution in [1.29, 1.82) is 0 Å². The van der Waals surface area contributed by atoms with Crippen molar-refractivity contribution in [1.82, 2.24) is 30.6 Å². The minimum absolute atomic E-state index is 0.244. The van der Waals surface area contributed by atoms with Crippen LogP contribution in [-0.2, 0) is 19.2 Å². The Labute approximate surface area is 282 Å². The van der Waals surface area contributed by atoms with Crippen molar-refractivity contribution in [3.8, 4) is 33.6 Å². The van der Waals surface area contributed by atoms with E-state index in [-0.39, 0.29) is 11.9 Å². The molecule has 0 saturated carbocycles. The van der Waals surface area contributed by atoms with Crippen LogP contribution >= 0.6 is 0 Å². The maximum atomic E-state index is 15.1. The van der Waals surface area contributed by atoms with E-state index >= 15 is 4.39 Å². The summed E-state index contributed by atoms with van der Waals surface area (Å²) in [5, 5.41) is 36.6. The van der Waals surface area contributed by atoms with Gasteiger partial charge in [0.05, 0.1) is 35.9 Å². The summed E-state index contributed by atoms with van der Waals surface area (Å²) in [5.74, 6) is -1.67. The van der Waals surface area contributed by atoms with Crippen LogP contribution in [0.15, 0.2) is 54.9 Å². The number of carboxylic acid groups (broad SMARTS) is 4. The van der Waals surface area contributed by atoms with Crippen LogP contribution < -0.4 is 10.6 Å². The number of carboxylic acids is 4. The molecule has 2 aliphatic heterocycles. The zero-order valence-electron chi connectivity index (χ0n) is 27.8. The first-order valence-electron chi connectivity index (χ1n) is 15.4. The second kappa shape index (κ2) is 20.1. The number of hydrogen-bond acceptors (Lipinski definition) is 8. The number of aromatic amines is 2. The Balaban J connectivity index is 0.000000440. The molecule has 0 radical (unpaired) electrons. The molecule has 2 fully saturated rings. The fraction of sp³-hybridized carbons (Fsp3) is 0.353. The van der Waals surface area contributed by atoms with Gasteiger partial charge in [0.1, 0.15) is 17.5 Å². The average Bonchev–Trinajstić information content (AvgIpc) is 3.84. The van der Waals surface area contributed by atoms with Gasteiger partial charge in [-0.05, 0) is 56.0 Å². The summed E-state index contributed by atoms with van der Waals surface area (Å²) in [7, 11) is 0. The average molecular weight is 683 g/mol. The predicted octanol–water partition coefficient (Wildman–Crippen LogP) is 5.49. The van der Waals surface area contributed by atoms with E-state index in [0.29, 0.717) is 11.6 Å². The van der Waals surface area contributed by atoms with E-state index in [0.717, 1.165) is 99.8 Å². The number of halogens is 1. The number of carbonyl (C=O) groups is 4. The Morgan fingerprint density at radius 3 is 1.37 bits per heavy atom. The molecular weight excluding hydrogens is 639 g/mol. The van der Waals surface area contributed by atoms with E-state index in [1.165, 1.54) is 6.42 Å². The lowest BCUT2D eigenvalue weighted by Gasteiger charge is -2.08. The van der Waals surface area contributed by atoms with Crippen LogP contribution in [0.25, 0.3) is 33.6 Å². The lowest BCUT2D eigenvalue weighted by molar-refractivity contribution is -0.135. The van der Waals surface area contributed by atoms with Crippen LogP contribution in [0.3, 0.4) is 0 Å². The second-order valence-electron chi connectivity index (χ2n) is 11.0. The zero-order chi connectivity index (χ0) is 36.5. The Hall–Kier alpha value is -5.41. The van der Waals surface area contributed by atoms with E-state index in [1.54, 1.807) is 12.3 Å². The van der Waals surface area contributed by atoms with E-state index in [1.807, 2.05) is 42.6 Å². The molecule has 2 aromatic carbocycles. The summed E-state index contributed by atoms with van der Waals surface area (Å²) >= 11 is 0. The Morgan fingerprint density at radius 1 is 0.633 bits per heavy atom. The number of nitrogens with one attached hydrogen (secondary N) is 4. The maximum absolute atomic E-state index is 15.1. The van der Waals surface area contributed by atoms with Crippen molar-refractivity contribution in [2.75, 3.05) is 13.1 Å². The number of aromatic nitrogens is 4. The highest BCUT2D eigenvalue weighted by Gasteiger charge is 2.20. The number of rotatable bonds is 5. The molecule has 6 rings (SSSR count). The number of benzene rings is 2. The topological polar surface area (TPSA) is 231 Å². The fourth-order valence-electron chi connectivity index (χ4n) is 4.90. The standard InChI is InChI=1S/C26H27FN6.4C2H4O2/c27-20-13-18(24-15-31-26(33-24)22-4-2-12-29-22)9-10-19(20)16-5-7-17(8-6-16)23-14-30-25(32-23)21-3-1-11-28-21;4*1-2(3)4/h5-10,13-15,21-22,28-29H,1-4,11-12H2,(H,30,32)(H,31,33);4*1H3,(H,3,4)/t21-,22-;;;;/m0..../s1. The lowest BCUT2D eigenvalue weighted by Crippen LogP contribution is -2.14. The molecular formula is C34H43FN6O8. The molecule has 0 amide bonds. The SMILES string of the molecule is CC(=O)O.CC(=O)O.CC(=O)O.CC(=O)O.Fc1cc(-c2cnc([C@@H]3CCCN3)[nH]2)ccc1-c1ccc(-c2cnc([C@@H]3CCCN3)[nH]2)cc1. The molecule has 0 bridgehead atoms. The van der Waals surface area contributed by atoms with Gasteiger partial charge in [0.15, 0.2) is 0 Å². The van der Waals surface area contributed by atoms with Gasteiger partial charge >= 0.3 is 0 Å². The van der Waals surface area contributed by atoms with Crippen molar-refractivity contribution in [3.63, 3.8) is 0 Å². The van der Waals surface area contributed by atoms with Gasteiger partial charge in [-0.1, -0.05) is 36.4 Å². The second-order valence-corrected chi connectivity index (χ2v) is 11.0. The van der Waals surface area contributed by atoms with E-state index in [4.69, 9.17) is 39.6 Å². The fourth-order valence-corrected chi connectivity index (χ4v) is 4.90. The molecule has 0 unspecified atom stereocenters. The number of nitrogens with zero attached hydrogens (tertiary/aromatic N) is 2. The summed E-state index contributed by atoms with van der Waals surface area (Å²) in [6.07, 6.45) is 8.19. The van der Waals surface area contributed by atoms with Gasteiger partial charge in [0, 0.05) is 38.8 Å². The molecule has 2 atom stereocenters. The molecule has 2 aliphatic rings. The molecule has 15 heteroatoms. The van der Waals surface area contributed by atoms with Gasteiger partial charge in [0.2, 0.25) is 0 Å². The molecule has 8 N–H and O–H groups in total. The van der Waals surface area contributed by atoms with Gasteiger partial charge in [-0.15, -0.1) is 0 Å². The van der Waals surface area contributed by atoms with E-state index < -0.39 is 23.9 Å². The third-order valence-corrected chi connectivity index (χ3v) is 6.76. The molecule has 2 aromatic heterocycles. The predicted molar refractivity (Wildman–Crippen MR) is 180 cm³/mol. The van der Waals surface area contributed by atoms with Crippen molar-refractivity contribution >= 4 is 23.9 Å². The number of aliphatic carboxylic acids is 4. The highest BCUT2D eigenvalue weighted by Crippen LogP contribution is 2.31. The molecule has 49 heavy (non-hydrogen) atoms. The normalized spacial score (nSPS) is 15.9. The highest BCUT2D eigenvalue weighted by molar-refractivity contribution is 5.72. The Kier molecular flexibility index (Phi) is 16.3. The molecule has 4 heterocycles. The minimum atomic E-state index is -0.833. The van der Waals surface area contributed by atoms with Crippen LogP contribution in [0.2, 0.25) is 0 Å². The van der Waals surface area contributed by atoms with Crippen LogP contribution in [0.5, 0.6) is 0 Å². The summed E-state index contributed by atoms with van der Waals surface area (Å²) in [6.45, 7) is 6.39. The first-order valence-corrected chi connectivity index (χ1v) is 15.4. The Morgan fingerprint density at radius 2 is 1.00 bits per heavy atom. The van der Waals surface area contributed by atoms with E-state index in [9.17, 15) is 0 Å². The highest BCUT2D eigenvalue weighted by atomic mass is 19.1. The van der Waals surface area contributed by atoms with Crippen LogP contribution in [0.1, 0.15) is 77.1 Å². The van der Waals surface area contributed by atoms with Crippen molar-refractivity contribution < 1.29 is 44.0 Å². The zero-order valence-corrected chi connectivity index (χ0v) is 27.8.